The lowest BCUT2D eigenvalue weighted by Crippen LogP contribution is -2.49. The van der Waals surface area contributed by atoms with Crippen LogP contribution in [0, 0.1) is 5.41 Å². The topological polar surface area (TPSA) is 59.1 Å². The third-order valence-corrected chi connectivity index (χ3v) is 7.23. The number of carbonyl (C=O) groups is 2. The number of para-hydroxylation sites is 1. The number of aryl methyl sites for hydroxylation is 1. The molecule has 0 aliphatic carbocycles. The van der Waals surface area contributed by atoms with E-state index in [1.165, 1.54) is 5.56 Å². The Morgan fingerprint density at radius 2 is 1.85 bits per heavy atom. The number of piperidine rings is 1. The Bertz CT molecular complexity index is 997. The maximum absolute atomic E-state index is 13.2. The van der Waals surface area contributed by atoms with Crippen LogP contribution in [0.5, 0.6) is 11.5 Å². The standard InChI is InChI=1S/C28H36N2O4/c1-3-33-24-12-8-11-23(19-24)27(32)30-17-15-28(16-18-30)14-7-6-10-22-9-4-5-13-25(22)34-20-26(31)29(2)21-28/h4-5,8-9,11-13,19H,3,6-7,10,14-18,20-21H2,1-2H3. The van der Waals surface area contributed by atoms with Crippen molar-refractivity contribution in [2.24, 2.45) is 5.41 Å². The van der Waals surface area contributed by atoms with Gasteiger partial charge < -0.3 is 19.3 Å². The first-order valence-corrected chi connectivity index (χ1v) is 12.5. The van der Waals surface area contributed by atoms with Crippen LogP contribution in [0.15, 0.2) is 48.5 Å². The molecule has 0 radical (unpaired) electrons. The molecule has 1 fully saturated rings. The summed E-state index contributed by atoms with van der Waals surface area (Å²) in [4.78, 5) is 29.8. The number of nitrogens with zero attached hydrogens (tertiary/aromatic N) is 2. The number of hydrogen-bond donors (Lipinski definition) is 0. The first kappa shape index (κ1) is 24.1. The van der Waals surface area contributed by atoms with Crippen molar-refractivity contribution in [3.8, 4) is 11.5 Å². The number of benzene rings is 2. The van der Waals surface area contributed by atoms with Crippen molar-refractivity contribution in [2.75, 3.05) is 39.9 Å². The molecule has 2 aliphatic heterocycles. The Morgan fingerprint density at radius 3 is 2.65 bits per heavy atom. The molecular weight excluding hydrogens is 428 g/mol. The van der Waals surface area contributed by atoms with Crippen LogP contribution in [0.2, 0.25) is 0 Å². The average Bonchev–Trinajstić information content (AvgIpc) is 2.85. The molecule has 0 aromatic heterocycles. The average molecular weight is 465 g/mol. The van der Waals surface area contributed by atoms with E-state index in [1.807, 2.05) is 66.2 Å². The molecule has 2 amide bonds. The Morgan fingerprint density at radius 1 is 1.06 bits per heavy atom. The number of ether oxygens (including phenoxy) is 2. The van der Waals surface area contributed by atoms with E-state index in [-0.39, 0.29) is 23.8 Å². The molecule has 2 aromatic rings. The smallest absolute Gasteiger partial charge is 0.260 e. The molecular formula is C28H36N2O4. The van der Waals surface area contributed by atoms with Gasteiger partial charge in [0.15, 0.2) is 6.61 Å². The van der Waals surface area contributed by atoms with Gasteiger partial charge in [-0.25, -0.2) is 0 Å². The molecule has 0 N–H and O–H groups in total. The number of amides is 2. The highest BCUT2D eigenvalue weighted by Crippen LogP contribution is 2.38. The molecule has 0 saturated carbocycles. The van der Waals surface area contributed by atoms with Gasteiger partial charge in [0.1, 0.15) is 11.5 Å². The summed E-state index contributed by atoms with van der Waals surface area (Å²) >= 11 is 0. The zero-order valence-corrected chi connectivity index (χ0v) is 20.4. The second-order valence-electron chi connectivity index (χ2n) is 9.61. The summed E-state index contributed by atoms with van der Waals surface area (Å²) in [5.74, 6) is 1.60. The molecule has 0 atom stereocenters. The molecule has 6 heteroatoms. The summed E-state index contributed by atoms with van der Waals surface area (Å²) in [6.45, 7) is 4.70. The molecule has 0 bridgehead atoms. The quantitative estimate of drug-likeness (QED) is 0.668. The zero-order chi connectivity index (χ0) is 24.0. The predicted octanol–water partition coefficient (Wildman–Crippen LogP) is 4.57. The van der Waals surface area contributed by atoms with Gasteiger partial charge in [0, 0.05) is 32.2 Å². The van der Waals surface area contributed by atoms with E-state index in [0.29, 0.717) is 31.8 Å². The van der Waals surface area contributed by atoms with E-state index in [0.717, 1.165) is 50.0 Å². The van der Waals surface area contributed by atoms with E-state index >= 15 is 0 Å². The van der Waals surface area contributed by atoms with Crippen LogP contribution < -0.4 is 9.47 Å². The van der Waals surface area contributed by atoms with Gasteiger partial charge in [-0.2, -0.15) is 0 Å². The van der Waals surface area contributed by atoms with Crippen LogP contribution >= 0.6 is 0 Å². The molecule has 34 heavy (non-hydrogen) atoms. The van der Waals surface area contributed by atoms with Crippen LogP contribution in [-0.2, 0) is 11.2 Å². The van der Waals surface area contributed by atoms with Crippen LogP contribution in [0.1, 0.15) is 54.9 Å². The highest BCUT2D eigenvalue weighted by molar-refractivity contribution is 5.94. The zero-order valence-electron chi connectivity index (χ0n) is 20.4. The van der Waals surface area contributed by atoms with Crippen molar-refractivity contribution >= 4 is 11.8 Å². The van der Waals surface area contributed by atoms with Gasteiger partial charge in [0.05, 0.1) is 6.61 Å². The molecule has 2 aromatic carbocycles. The summed E-state index contributed by atoms with van der Waals surface area (Å²) in [6, 6.07) is 15.5. The normalized spacial score (nSPS) is 18.9. The minimum Gasteiger partial charge on any atom is -0.494 e. The second-order valence-corrected chi connectivity index (χ2v) is 9.61. The predicted molar refractivity (Wildman–Crippen MR) is 132 cm³/mol. The van der Waals surface area contributed by atoms with Crippen molar-refractivity contribution in [1.29, 1.82) is 0 Å². The van der Waals surface area contributed by atoms with Gasteiger partial charge in [-0.15, -0.1) is 0 Å². The van der Waals surface area contributed by atoms with Crippen LogP contribution in [0.25, 0.3) is 0 Å². The van der Waals surface area contributed by atoms with E-state index in [2.05, 4.69) is 6.07 Å². The second kappa shape index (κ2) is 10.9. The van der Waals surface area contributed by atoms with E-state index in [1.54, 1.807) is 0 Å². The van der Waals surface area contributed by atoms with Gasteiger partial charge in [-0.05, 0) is 74.3 Å². The molecule has 1 saturated heterocycles. The van der Waals surface area contributed by atoms with Gasteiger partial charge in [0.25, 0.3) is 11.8 Å². The fraction of sp³-hybridized carbons (Fsp3) is 0.500. The first-order chi connectivity index (χ1) is 16.5. The molecule has 182 valence electrons. The van der Waals surface area contributed by atoms with Gasteiger partial charge in [0.2, 0.25) is 0 Å². The highest BCUT2D eigenvalue weighted by atomic mass is 16.5. The Balaban J connectivity index is 1.43. The van der Waals surface area contributed by atoms with Gasteiger partial charge >= 0.3 is 0 Å². The Kier molecular flexibility index (Phi) is 7.76. The lowest BCUT2D eigenvalue weighted by atomic mass is 9.73. The summed E-state index contributed by atoms with van der Waals surface area (Å²) in [5, 5.41) is 0. The van der Waals surface area contributed by atoms with E-state index in [4.69, 9.17) is 9.47 Å². The number of hydrogen-bond acceptors (Lipinski definition) is 4. The number of likely N-dealkylation sites (tertiary alicyclic amines) is 1. The molecule has 2 heterocycles. The third kappa shape index (κ3) is 5.72. The maximum Gasteiger partial charge on any atom is 0.260 e. The van der Waals surface area contributed by atoms with Crippen LogP contribution in [0.4, 0.5) is 0 Å². The van der Waals surface area contributed by atoms with Gasteiger partial charge in [-0.3, -0.25) is 9.59 Å². The van der Waals surface area contributed by atoms with E-state index < -0.39 is 0 Å². The maximum atomic E-state index is 13.2. The lowest BCUT2D eigenvalue weighted by molar-refractivity contribution is -0.134. The van der Waals surface area contributed by atoms with Crippen molar-refractivity contribution in [2.45, 2.75) is 45.4 Å². The molecule has 0 unspecified atom stereocenters. The molecule has 6 nitrogen and oxygen atoms in total. The minimum atomic E-state index is 0.000923. The van der Waals surface area contributed by atoms with Gasteiger partial charge in [-0.1, -0.05) is 30.7 Å². The fourth-order valence-electron chi connectivity index (χ4n) is 5.25. The monoisotopic (exact) mass is 464 g/mol. The van der Waals surface area contributed by atoms with Crippen molar-refractivity contribution in [3.63, 3.8) is 0 Å². The van der Waals surface area contributed by atoms with Crippen molar-refractivity contribution < 1.29 is 19.1 Å². The number of carbonyl (C=O) groups excluding carboxylic acids is 2. The first-order valence-electron chi connectivity index (χ1n) is 12.5. The number of rotatable bonds is 3. The SMILES string of the molecule is CCOc1cccc(C(=O)N2CCC3(CCCCc4ccccc4OCC(=O)N(C)C3)CC2)c1. The van der Waals surface area contributed by atoms with Crippen molar-refractivity contribution in [1.82, 2.24) is 9.80 Å². The van der Waals surface area contributed by atoms with Crippen LogP contribution in [-0.4, -0.2) is 61.5 Å². The number of likely N-dealkylation sites (N-methyl/N-ethyl adjacent to an activating group) is 1. The lowest BCUT2D eigenvalue weighted by Gasteiger charge is -2.44. The summed E-state index contributed by atoms with van der Waals surface area (Å²) in [6.07, 6.45) is 6.01. The molecule has 2 aliphatic rings. The number of fused-ring (bicyclic) bond motifs is 1. The van der Waals surface area contributed by atoms with Crippen LogP contribution in [0.3, 0.4) is 0 Å². The largest absolute Gasteiger partial charge is 0.494 e. The summed E-state index contributed by atoms with van der Waals surface area (Å²) < 4.78 is 11.5. The highest BCUT2D eigenvalue weighted by Gasteiger charge is 2.37. The Labute approximate surface area is 202 Å². The molecule has 4 rings (SSSR count). The summed E-state index contributed by atoms with van der Waals surface area (Å²) in [5.41, 5.74) is 1.87. The Hall–Kier alpha value is -3.02. The fourth-order valence-corrected chi connectivity index (χ4v) is 5.25. The van der Waals surface area contributed by atoms with E-state index in [9.17, 15) is 9.59 Å². The van der Waals surface area contributed by atoms with Crippen molar-refractivity contribution in [3.05, 3.63) is 59.7 Å². The summed E-state index contributed by atoms with van der Waals surface area (Å²) in [7, 11) is 1.88. The third-order valence-electron chi connectivity index (χ3n) is 7.23. The minimum absolute atomic E-state index is 0.000923. The molecule has 1 spiro atoms.